The molecule has 0 fully saturated rings. The van der Waals surface area contributed by atoms with Gasteiger partial charge in [-0.1, -0.05) is 69.3 Å². The number of carbonyl (C=O) groups excluding carboxylic acids is 2. The van der Waals surface area contributed by atoms with E-state index in [-0.39, 0.29) is 17.8 Å². The first-order valence-electron chi connectivity index (χ1n) is 9.63. The minimum atomic E-state index is -0.861. The maximum atomic E-state index is 12.6. The molecular weight excluding hydrogens is 338 g/mol. The van der Waals surface area contributed by atoms with Gasteiger partial charge >= 0.3 is 5.97 Å². The van der Waals surface area contributed by atoms with Crippen LogP contribution in [0.1, 0.15) is 63.5 Å². The van der Waals surface area contributed by atoms with Gasteiger partial charge in [0.05, 0.1) is 5.92 Å². The molecule has 0 saturated heterocycles. The van der Waals surface area contributed by atoms with Crippen molar-refractivity contribution in [2.24, 2.45) is 0 Å². The van der Waals surface area contributed by atoms with Gasteiger partial charge in [-0.25, -0.2) is 0 Å². The second kappa shape index (κ2) is 9.91. The zero-order valence-corrected chi connectivity index (χ0v) is 16.6. The van der Waals surface area contributed by atoms with E-state index in [1.54, 1.807) is 6.92 Å². The topological polar surface area (TPSA) is 55.4 Å². The van der Waals surface area contributed by atoms with Crippen LogP contribution in [0, 0.1) is 0 Å². The normalized spacial score (nSPS) is 14.1. The van der Waals surface area contributed by atoms with Crippen LogP contribution in [0.5, 0.6) is 0 Å². The first kappa shape index (κ1) is 20.7. The van der Waals surface area contributed by atoms with Gasteiger partial charge in [0, 0.05) is 5.69 Å². The fourth-order valence-electron chi connectivity index (χ4n) is 3.03. The number of hydrogen-bond acceptors (Lipinski definition) is 3. The summed E-state index contributed by atoms with van der Waals surface area (Å²) >= 11 is 0. The molecule has 0 radical (unpaired) electrons. The van der Waals surface area contributed by atoms with Gasteiger partial charge in [-0.15, -0.1) is 0 Å². The number of amides is 1. The van der Waals surface area contributed by atoms with Crippen LogP contribution in [0.15, 0.2) is 54.6 Å². The number of ether oxygens (including phenoxy) is 1. The van der Waals surface area contributed by atoms with Gasteiger partial charge in [0.2, 0.25) is 0 Å². The molecule has 0 saturated carbocycles. The molecule has 2 rings (SSSR count). The number of hydrogen-bond donors (Lipinski definition) is 1. The summed E-state index contributed by atoms with van der Waals surface area (Å²) in [5.41, 5.74) is 2.76. The van der Waals surface area contributed by atoms with E-state index in [0.717, 1.165) is 23.2 Å². The zero-order valence-electron chi connectivity index (χ0n) is 16.6. The van der Waals surface area contributed by atoms with Crippen molar-refractivity contribution in [1.29, 1.82) is 0 Å². The van der Waals surface area contributed by atoms with Crippen molar-refractivity contribution in [3.05, 3.63) is 65.7 Å². The van der Waals surface area contributed by atoms with Crippen LogP contribution < -0.4 is 5.32 Å². The van der Waals surface area contributed by atoms with Crippen molar-refractivity contribution in [3.8, 4) is 0 Å². The number of nitrogens with one attached hydrogen (secondary N) is 1. The standard InChI is InChI=1S/C23H29NO3/c1-5-16(3)20-14-10-11-15-21(20)24-22(25)17(4)27-23(26)19(6-2)18-12-8-7-9-13-18/h7-17,19H,5-6H2,1-4H3,(H,24,25). The molecule has 4 nitrogen and oxygen atoms in total. The molecule has 27 heavy (non-hydrogen) atoms. The molecule has 3 unspecified atom stereocenters. The van der Waals surface area contributed by atoms with Gasteiger partial charge < -0.3 is 10.1 Å². The fraction of sp³-hybridized carbons (Fsp3) is 0.391. The van der Waals surface area contributed by atoms with E-state index in [4.69, 9.17) is 4.74 Å². The smallest absolute Gasteiger partial charge is 0.314 e. The lowest BCUT2D eigenvalue weighted by Gasteiger charge is -2.20. The molecule has 0 bridgehead atoms. The molecule has 4 heteroatoms. The molecule has 3 atom stereocenters. The van der Waals surface area contributed by atoms with Gasteiger partial charge in [-0.05, 0) is 42.9 Å². The predicted octanol–water partition coefficient (Wildman–Crippen LogP) is 5.26. The van der Waals surface area contributed by atoms with Gasteiger partial charge in [0.1, 0.15) is 0 Å². The maximum absolute atomic E-state index is 12.6. The third kappa shape index (κ3) is 5.43. The molecule has 0 aliphatic rings. The molecule has 2 aromatic rings. The van der Waals surface area contributed by atoms with Crippen LogP contribution in [0.2, 0.25) is 0 Å². The predicted molar refractivity (Wildman–Crippen MR) is 109 cm³/mol. The number of rotatable bonds is 8. The minimum Gasteiger partial charge on any atom is -0.452 e. The van der Waals surface area contributed by atoms with Crippen LogP contribution in [-0.2, 0) is 14.3 Å². The third-order valence-electron chi connectivity index (χ3n) is 4.92. The van der Waals surface area contributed by atoms with E-state index in [9.17, 15) is 9.59 Å². The average molecular weight is 367 g/mol. The van der Waals surface area contributed by atoms with E-state index >= 15 is 0 Å². The molecule has 0 aliphatic heterocycles. The molecule has 0 spiro atoms. The summed E-state index contributed by atoms with van der Waals surface area (Å²) in [6, 6.07) is 17.3. The number of benzene rings is 2. The monoisotopic (exact) mass is 367 g/mol. The van der Waals surface area contributed by atoms with E-state index in [1.807, 2.05) is 61.5 Å². The highest BCUT2D eigenvalue weighted by Crippen LogP contribution is 2.27. The number of anilines is 1. The van der Waals surface area contributed by atoms with Crippen molar-refractivity contribution >= 4 is 17.6 Å². The molecule has 1 amide bonds. The zero-order chi connectivity index (χ0) is 19.8. The van der Waals surface area contributed by atoms with Crippen molar-refractivity contribution < 1.29 is 14.3 Å². The van der Waals surface area contributed by atoms with Crippen LogP contribution in [0.4, 0.5) is 5.69 Å². The average Bonchev–Trinajstić information content (AvgIpc) is 2.69. The Labute approximate surface area is 161 Å². The van der Waals surface area contributed by atoms with Crippen LogP contribution >= 0.6 is 0 Å². The number of carbonyl (C=O) groups is 2. The van der Waals surface area contributed by atoms with E-state index in [2.05, 4.69) is 19.2 Å². The SMILES string of the molecule is CCC(C)c1ccccc1NC(=O)C(C)OC(=O)C(CC)c1ccccc1. The van der Waals surface area contributed by atoms with Crippen LogP contribution in [0.3, 0.4) is 0 Å². The Bertz CT molecular complexity index is 757. The summed E-state index contributed by atoms with van der Waals surface area (Å²) in [6.07, 6.45) is 0.737. The molecule has 0 heterocycles. The third-order valence-corrected chi connectivity index (χ3v) is 4.92. The van der Waals surface area contributed by atoms with Crippen molar-refractivity contribution in [2.45, 2.75) is 58.5 Å². The number of para-hydroxylation sites is 1. The summed E-state index contributed by atoms with van der Waals surface area (Å²) in [7, 11) is 0. The molecule has 2 aromatic carbocycles. The Morgan fingerprint density at radius 2 is 1.56 bits per heavy atom. The largest absolute Gasteiger partial charge is 0.452 e. The summed E-state index contributed by atoms with van der Waals surface area (Å²) in [5, 5.41) is 2.91. The first-order valence-corrected chi connectivity index (χ1v) is 9.63. The quantitative estimate of drug-likeness (QED) is 0.647. The highest BCUT2D eigenvalue weighted by molar-refractivity contribution is 5.96. The van der Waals surface area contributed by atoms with Gasteiger partial charge in [-0.2, -0.15) is 0 Å². The van der Waals surface area contributed by atoms with E-state index in [1.165, 1.54) is 0 Å². The minimum absolute atomic E-state index is 0.318. The van der Waals surface area contributed by atoms with E-state index < -0.39 is 6.10 Å². The van der Waals surface area contributed by atoms with Crippen LogP contribution in [-0.4, -0.2) is 18.0 Å². The Kier molecular flexibility index (Phi) is 7.59. The summed E-state index contributed by atoms with van der Waals surface area (Å²) in [5.74, 6) is -0.723. The number of esters is 1. The molecule has 0 aromatic heterocycles. The Hall–Kier alpha value is -2.62. The highest BCUT2D eigenvalue weighted by Gasteiger charge is 2.25. The molecular formula is C23H29NO3. The van der Waals surface area contributed by atoms with Crippen LogP contribution in [0.25, 0.3) is 0 Å². The second-order valence-electron chi connectivity index (χ2n) is 6.84. The van der Waals surface area contributed by atoms with Gasteiger partial charge in [-0.3, -0.25) is 9.59 Å². The van der Waals surface area contributed by atoms with Gasteiger partial charge in [0.25, 0.3) is 5.91 Å². The Morgan fingerprint density at radius 1 is 0.926 bits per heavy atom. The lowest BCUT2D eigenvalue weighted by molar-refractivity contribution is -0.154. The van der Waals surface area contributed by atoms with Gasteiger partial charge in [0.15, 0.2) is 6.10 Å². The second-order valence-corrected chi connectivity index (χ2v) is 6.84. The fourth-order valence-corrected chi connectivity index (χ4v) is 3.03. The van der Waals surface area contributed by atoms with E-state index in [0.29, 0.717) is 12.3 Å². The molecule has 144 valence electrons. The Morgan fingerprint density at radius 3 is 2.19 bits per heavy atom. The maximum Gasteiger partial charge on any atom is 0.314 e. The summed E-state index contributed by atoms with van der Waals surface area (Å²) in [4.78, 5) is 25.1. The van der Waals surface area contributed by atoms with Crippen molar-refractivity contribution in [3.63, 3.8) is 0 Å². The Balaban J connectivity index is 2.04. The summed E-state index contributed by atoms with van der Waals surface area (Å²) < 4.78 is 5.47. The molecule has 0 aliphatic carbocycles. The lowest BCUT2D eigenvalue weighted by Crippen LogP contribution is -2.32. The first-order chi connectivity index (χ1) is 13.0. The lowest BCUT2D eigenvalue weighted by atomic mass is 9.96. The molecule has 1 N–H and O–H groups in total. The van der Waals surface area contributed by atoms with Crippen molar-refractivity contribution in [2.75, 3.05) is 5.32 Å². The highest BCUT2D eigenvalue weighted by atomic mass is 16.5. The van der Waals surface area contributed by atoms with Crippen molar-refractivity contribution in [1.82, 2.24) is 0 Å². The summed E-state index contributed by atoms with van der Waals surface area (Å²) in [6.45, 7) is 7.78.